The fourth-order valence-electron chi connectivity index (χ4n) is 4.26. The molecule has 3 heteroatoms. The van der Waals surface area contributed by atoms with Crippen molar-refractivity contribution in [2.24, 2.45) is 5.92 Å². The Bertz CT molecular complexity index is 510. The molecule has 1 saturated heterocycles. The van der Waals surface area contributed by atoms with Crippen molar-refractivity contribution >= 4 is 15.9 Å². The maximum Gasteiger partial charge on any atom is 0.0178 e. The summed E-state index contributed by atoms with van der Waals surface area (Å²) in [5.41, 5.74) is 3.68. The molecule has 0 bridgehead atoms. The first kappa shape index (κ1) is 13.3. The smallest absolute Gasteiger partial charge is 0.0178 e. The van der Waals surface area contributed by atoms with Crippen LogP contribution in [-0.4, -0.2) is 25.7 Å². The number of aryl methyl sites for hydroxylation is 1. The van der Waals surface area contributed by atoms with Gasteiger partial charge in [0.05, 0.1) is 0 Å². The minimum absolute atomic E-state index is 0.478. The highest BCUT2D eigenvalue weighted by Gasteiger charge is 2.57. The first-order valence-corrected chi connectivity index (χ1v) is 8.80. The van der Waals surface area contributed by atoms with Gasteiger partial charge in [0.25, 0.3) is 0 Å². The molecule has 3 aliphatic rings. The van der Waals surface area contributed by atoms with Crippen LogP contribution in [0.5, 0.6) is 0 Å². The Morgan fingerprint density at radius 2 is 2.15 bits per heavy atom. The molecule has 1 saturated carbocycles. The monoisotopic (exact) mass is 334 g/mol. The van der Waals surface area contributed by atoms with Gasteiger partial charge in [-0.2, -0.15) is 0 Å². The average Bonchev–Trinajstić information content (AvgIpc) is 3.08. The zero-order valence-corrected chi connectivity index (χ0v) is 13.5. The van der Waals surface area contributed by atoms with E-state index < -0.39 is 0 Å². The van der Waals surface area contributed by atoms with E-state index in [2.05, 4.69) is 44.8 Å². The Kier molecular flexibility index (Phi) is 3.40. The highest BCUT2D eigenvalue weighted by atomic mass is 79.9. The predicted octanol–water partition coefficient (Wildman–Crippen LogP) is 2.99. The molecule has 1 aromatic rings. The number of rotatable bonds is 3. The summed E-state index contributed by atoms with van der Waals surface area (Å²) in [7, 11) is 0. The molecule has 0 unspecified atom stereocenters. The van der Waals surface area contributed by atoms with Gasteiger partial charge in [0.1, 0.15) is 0 Å². The van der Waals surface area contributed by atoms with Crippen LogP contribution >= 0.6 is 15.9 Å². The number of hydrogen-bond acceptors (Lipinski definition) is 2. The molecule has 2 N–H and O–H groups in total. The van der Waals surface area contributed by atoms with Crippen LogP contribution in [0, 0.1) is 5.92 Å². The van der Waals surface area contributed by atoms with Crippen molar-refractivity contribution in [3.05, 3.63) is 33.8 Å². The van der Waals surface area contributed by atoms with E-state index in [1.54, 1.807) is 11.1 Å². The van der Waals surface area contributed by atoms with Crippen LogP contribution in [0.4, 0.5) is 0 Å². The number of halogens is 1. The number of nitrogens with one attached hydrogen (secondary N) is 2. The lowest BCUT2D eigenvalue weighted by molar-refractivity contribution is 0.351. The summed E-state index contributed by atoms with van der Waals surface area (Å²) in [6, 6.07) is 7.61. The molecular weight excluding hydrogens is 312 g/mol. The van der Waals surface area contributed by atoms with Crippen LogP contribution in [0.25, 0.3) is 0 Å². The maximum atomic E-state index is 3.88. The van der Waals surface area contributed by atoms with E-state index in [1.807, 2.05) is 0 Å². The molecule has 1 aromatic carbocycles. The third-order valence-electron chi connectivity index (χ3n) is 5.64. The van der Waals surface area contributed by atoms with Crippen molar-refractivity contribution in [1.29, 1.82) is 0 Å². The molecule has 4 rings (SSSR count). The van der Waals surface area contributed by atoms with Gasteiger partial charge >= 0.3 is 0 Å². The van der Waals surface area contributed by atoms with Crippen molar-refractivity contribution in [2.75, 3.05) is 19.6 Å². The van der Waals surface area contributed by atoms with E-state index in [-0.39, 0.29) is 0 Å². The fourth-order valence-corrected chi connectivity index (χ4v) is 4.63. The Balaban J connectivity index is 1.41. The minimum atomic E-state index is 0.478. The van der Waals surface area contributed by atoms with Crippen molar-refractivity contribution in [1.82, 2.24) is 10.6 Å². The van der Waals surface area contributed by atoms with Crippen LogP contribution in [-0.2, 0) is 11.8 Å². The second-order valence-electron chi connectivity index (χ2n) is 6.82. The lowest BCUT2D eigenvalue weighted by Crippen LogP contribution is -2.35. The van der Waals surface area contributed by atoms with Gasteiger partial charge in [0.2, 0.25) is 0 Å². The van der Waals surface area contributed by atoms with Gasteiger partial charge in [-0.3, -0.25) is 0 Å². The molecule has 1 aliphatic heterocycles. The average molecular weight is 335 g/mol. The second kappa shape index (κ2) is 5.11. The predicted molar refractivity (Wildman–Crippen MR) is 86.1 cm³/mol. The number of benzene rings is 1. The molecule has 20 heavy (non-hydrogen) atoms. The van der Waals surface area contributed by atoms with Crippen molar-refractivity contribution in [2.45, 2.75) is 43.6 Å². The molecule has 1 heterocycles. The molecule has 0 amide bonds. The summed E-state index contributed by atoms with van der Waals surface area (Å²) in [5.74, 6) is 0.886. The molecule has 108 valence electrons. The highest BCUT2D eigenvalue weighted by Crippen LogP contribution is 2.57. The van der Waals surface area contributed by atoms with Crippen LogP contribution in [0.3, 0.4) is 0 Å². The summed E-state index contributed by atoms with van der Waals surface area (Å²) < 4.78 is 1.24. The largest absolute Gasteiger partial charge is 0.317 e. The van der Waals surface area contributed by atoms with Gasteiger partial charge in [0.15, 0.2) is 0 Å². The van der Waals surface area contributed by atoms with Gasteiger partial charge in [-0.1, -0.05) is 22.0 Å². The Hall–Kier alpha value is -0.380. The van der Waals surface area contributed by atoms with E-state index in [4.69, 9.17) is 0 Å². The number of piperidine rings is 1. The molecule has 2 nitrogen and oxygen atoms in total. The van der Waals surface area contributed by atoms with Gasteiger partial charge in [-0.15, -0.1) is 0 Å². The molecule has 2 aliphatic carbocycles. The maximum absolute atomic E-state index is 3.88. The summed E-state index contributed by atoms with van der Waals surface area (Å²) in [6.07, 6.45) is 6.65. The van der Waals surface area contributed by atoms with Crippen molar-refractivity contribution in [3.8, 4) is 0 Å². The topological polar surface area (TPSA) is 24.1 Å². The van der Waals surface area contributed by atoms with Gasteiger partial charge < -0.3 is 10.6 Å². The van der Waals surface area contributed by atoms with E-state index >= 15 is 0 Å². The second-order valence-corrected chi connectivity index (χ2v) is 7.73. The zero-order chi connectivity index (χ0) is 13.6. The van der Waals surface area contributed by atoms with Crippen LogP contribution < -0.4 is 10.6 Å². The van der Waals surface area contributed by atoms with Crippen LogP contribution in [0.1, 0.15) is 36.8 Å². The quantitative estimate of drug-likeness (QED) is 0.887. The van der Waals surface area contributed by atoms with Crippen molar-refractivity contribution < 1.29 is 0 Å². The van der Waals surface area contributed by atoms with E-state index in [0.29, 0.717) is 5.41 Å². The van der Waals surface area contributed by atoms with Gasteiger partial charge in [0, 0.05) is 15.9 Å². The Morgan fingerprint density at radius 3 is 3.00 bits per heavy atom. The van der Waals surface area contributed by atoms with Crippen LogP contribution in [0.15, 0.2) is 22.7 Å². The fraction of sp³-hybridized carbons (Fsp3) is 0.647. The summed E-state index contributed by atoms with van der Waals surface area (Å²) in [4.78, 5) is 0. The third-order valence-corrected chi connectivity index (χ3v) is 6.13. The number of hydrogen-bond donors (Lipinski definition) is 2. The SMILES string of the molecule is Brc1ccc2c(c1)[C@]1(CC2)C[C@H]1NCC1CCNCC1. The van der Waals surface area contributed by atoms with Gasteiger partial charge in [-0.25, -0.2) is 0 Å². The number of fused-ring (bicyclic) bond motifs is 2. The molecule has 2 atom stereocenters. The summed E-state index contributed by atoms with van der Waals surface area (Å²) in [6.45, 7) is 3.63. The normalized spacial score (nSPS) is 32.5. The first-order valence-electron chi connectivity index (χ1n) is 8.01. The molecule has 0 radical (unpaired) electrons. The standard InChI is InChI=1S/C17H23BrN2/c18-14-2-1-13-3-6-17(15(13)9-14)10-16(17)20-11-12-4-7-19-8-5-12/h1-2,9,12,16,19-20H,3-8,10-11H2/t16-,17+/m1/s1. The zero-order valence-electron chi connectivity index (χ0n) is 11.9. The van der Waals surface area contributed by atoms with E-state index in [1.165, 1.54) is 56.2 Å². The molecule has 2 fully saturated rings. The van der Waals surface area contributed by atoms with Gasteiger partial charge in [-0.05, 0) is 80.9 Å². The molecular formula is C17H23BrN2. The van der Waals surface area contributed by atoms with E-state index in [9.17, 15) is 0 Å². The Morgan fingerprint density at radius 1 is 1.30 bits per heavy atom. The summed E-state index contributed by atoms with van der Waals surface area (Å²) >= 11 is 3.64. The molecule has 1 spiro atoms. The third kappa shape index (κ3) is 2.24. The lowest BCUT2D eigenvalue weighted by Gasteiger charge is -2.23. The lowest BCUT2D eigenvalue weighted by atomic mass is 9.96. The molecule has 0 aromatic heterocycles. The minimum Gasteiger partial charge on any atom is -0.317 e. The first-order chi connectivity index (χ1) is 9.78. The summed E-state index contributed by atoms with van der Waals surface area (Å²) in [5, 5.41) is 7.33. The van der Waals surface area contributed by atoms with E-state index in [0.717, 1.165) is 12.0 Å². The van der Waals surface area contributed by atoms with Crippen molar-refractivity contribution in [3.63, 3.8) is 0 Å². The van der Waals surface area contributed by atoms with Crippen LogP contribution in [0.2, 0.25) is 0 Å². The highest BCUT2D eigenvalue weighted by molar-refractivity contribution is 9.10. The Labute approximate surface area is 129 Å².